The summed E-state index contributed by atoms with van der Waals surface area (Å²) < 4.78 is 15.6. The molecular formula is C11H16O3. The molecule has 0 saturated heterocycles. The molecule has 3 nitrogen and oxygen atoms in total. The quantitative estimate of drug-likeness (QED) is 0.677. The highest BCUT2D eigenvalue weighted by molar-refractivity contribution is 5.27. The van der Waals surface area contributed by atoms with E-state index in [-0.39, 0.29) is 6.29 Å². The maximum atomic E-state index is 5.33. The lowest BCUT2D eigenvalue weighted by molar-refractivity contribution is -0.106. The lowest BCUT2D eigenvalue weighted by Gasteiger charge is -2.13. The summed E-state index contributed by atoms with van der Waals surface area (Å²) in [6.07, 6.45) is -0.300. The molecule has 1 aromatic rings. The highest BCUT2D eigenvalue weighted by Gasteiger charge is 2.07. The Bertz CT molecular complexity index is 252. The molecule has 0 aliphatic heterocycles. The van der Waals surface area contributed by atoms with Gasteiger partial charge in [0.2, 0.25) is 0 Å². The van der Waals surface area contributed by atoms with Crippen molar-refractivity contribution in [2.45, 2.75) is 13.2 Å². The van der Waals surface area contributed by atoms with Crippen molar-refractivity contribution in [3.05, 3.63) is 29.8 Å². The summed E-state index contributed by atoms with van der Waals surface area (Å²) in [5.74, 6) is 0.863. The molecule has 0 atom stereocenters. The van der Waals surface area contributed by atoms with Crippen LogP contribution in [0.4, 0.5) is 0 Å². The molecule has 78 valence electrons. The van der Waals surface area contributed by atoms with Crippen molar-refractivity contribution >= 4 is 0 Å². The van der Waals surface area contributed by atoms with E-state index in [1.54, 1.807) is 14.2 Å². The molecule has 0 unspecified atom stereocenters. The van der Waals surface area contributed by atoms with E-state index >= 15 is 0 Å². The average molecular weight is 196 g/mol. The summed E-state index contributed by atoms with van der Waals surface area (Å²) in [5.41, 5.74) is 0.985. The Kier molecular flexibility index (Phi) is 4.43. The zero-order valence-corrected chi connectivity index (χ0v) is 8.82. The van der Waals surface area contributed by atoms with Crippen molar-refractivity contribution in [3.63, 3.8) is 0 Å². The van der Waals surface area contributed by atoms with Crippen molar-refractivity contribution in [3.8, 4) is 5.75 Å². The Morgan fingerprint density at radius 2 is 1.64 bits per heavy atom. The van der Waals surface area contributed by atoms with Crippen LogP contribution in [0.2, 0.25) is 0 Å². The fraction of sp³-hybridized carbons (Fsp3) is 0.455. The Balaban J connectivity index is 2.71. The smallest absolute Gasteiger partial charge is 0.183 e. The minimum absolute atomic E-state index is 0.300. The molecule has 0 aliphatic carbocycles. The molecule has 1 rings (SSSR count). The first-order chi connectivity index (χ1) is 6.81. The van der Waals surface area contributed by atoms with E-state index in [1.165, 1.54) is 0 Å². The first kappa shape index (κ1) is 11.0. The highest BCUT2D eigenvalue weighted by atomic mass is 16.7. The number of ether oxygens (including phenoxy) is 3. The van der Waals surface area contributed by atoms with E-state index in [2.05, 4.69) is 0 Å². The standard InChI is InChI=1S/C11H16O3/c1-4-14-10-7-5-9(6-8-10)11(12-2)13-3/h5-8,11H,4H2,1-3H3. The molecule has 0 aliphatic rings. The van der Waals surface area contributed by atoms with Gasteiger partial charge in [-0.2, -0.15) is 0 Å². The van der Waals surface area contributed by atoms with Crippen molar-refractivity contribution in [1.82, 2.24) is 0 Å². The van der Waals surface area contributed by atoms with Gasteiger partial charge in [-0.25, -0.2) is 0 Å². The number of methoxy groups -OCH3 is 2. The first-order valence-electron chi connectivity index (χ1n) is 4.60. The predicted octanol–water partition coefficient (Wildman–Crippen LogP) is 2.38. The van der Waals surface area contributed by atoms with Crippen molar-refractivity contribution < 1.29 is 14.2 Å². The Morgan fingerprint density at radius 3 is 2.07 bits per heavy atom. The second-order valence-electron chi connectivity index (χ2n) is 2.81. The number of rotatable bonds is 5. The van der Waals surface area contributed by atoms with E-state index in [1.807, 2.05) is 31.2 Å². The van der Waals surface area contributed by atoms with Gasteiger partial charge < -0.3 is 14.2 Å². The summed E-state index contributed by atoms with van der Waals surface area (Å²) in [6.45, 7) is 2.64. The van der Waals surface area contributed by atoms with Crippen LogP contribution in [0, 0.1) is 0 Å². The van der Waals surface area contributed by atoms with E-state index < -0.39 is 0 Å². The van der Waals surface area contributed by atoms with Crippen LogP contribution in [-0.4, -0.2) is 20.8 Å². The van der Waals surface area contributed by atoms with Gasteiger partial charge >= 0.3 is 0 Å². The van der Waals surface area contributed by atoms with Crippen LogP contribution in [-0.2, 0) is 9.47 Å². The van der Waals surface area contributed by atoms with Crippen LogP contribution in [0.15, 0.2) is 24.3 Å². The van der Waals surface area contributed by atoms with Crippen LogP contribution in [0.25, 0.3) is 0 Å². The van der Waals surface area contributed by atoms with Crippen LogP contribution in [0.3, 0.4) is 0 Å². The molecule has 0 aromatic heterocycles. The van der Waals surface area contributed by atoms with Crippen molar-refractivity contribution in [1.29, 1.82) is 0 Å². The molecular weight excluding hydrogens is 180 g/mol. The molecule has 0 N–H and O–H groups in total. The zero-order valence-electron chi connectivity index (χ0n) is 8.82. The van der Waals surface area contributed by atoms with Gasteiger partial charge in [-0.1, -0.05) is 12.1 Å². The van der Waals surface area contributed by atoms with Gasteiger partial charge in [0.1, 0.15) is 5.75 Å². The van der Waals surface area contributed by atoms with Crippen LogP contribution in [0.1, 0.15) is 18.8 Å². The lowest BCUT2D eigenvalue weighted by Crippen LogP contribution is -2.03. The molecule has 0 heterocycles. The highest BCUT2D eigenvalue weighted by Crippen LogP contribution is 2.20. The Hall–Kier alpha value is -1.06. The first-order valence-corrected chi connectivity index (χ1v) is 4.60. The zero-order chi connectivity index (χ0) is 10.4. The molecule has 0 spiro atoms. The molecule has 0 saturated carbocycles. The van der Waals surface area contributed by atoms with E-state index in [0.717, 1.165) is 11.3 Å². The summed E-state index contributed by atoms with van der Waals surface area (Å²) in [7, 11) is 3.23. The van der Waals surface area contributed by atoms with Gasteiger partial charge in [0.05, 0.1) is 6.61 Å². The van der Waals surface area contributed by atoms with Gasteiger partial charge in [-0.15, -0.1) is 0 Å². The van der Waals surface area contributed by atoms with Crippen LogP contribution < -0.4 is 4.74 Å². The number of hydrogen-bond acceptors (Lipinski definition) is 3. The largest absolute Gasteiger partial charge is 0.494 e. The number of hydrogen-bond donors (Lipinski definition) is 0. The summed E-state index contributed by atoms with van der Waals surface area (Å²) >= 11 is 0. The maximum Gasteiger partial charge on any atom is 0.183 e. The SMILES string of the molecule is CCOc1ccc(C(OC)OC)cc1. The fourth-order valence-electron chi connectivity index (χ4n) is 1.26. The third kappa shape index (κ3) is 2.72. The maximum absolute atomic E-state index is 5.33. The normalized spacial score (nSPS) is 10.6. The fourth-order valence-corrected chi connectivity index (χ4v) is 1.26. The van der Waals surface area contributed by atoms with Crippen molar-refractivity contribution in [2.24, 2.45) is 0 Å². The molecule has 0 radical (unpaired) electrons. The third-order valence-electron chi connectivity index (χ3n) is 1.89. The van der Waals surface area contributed by atoms with E-state index in [4.69, 9.17) is 14.2 Å². The van der Waals surface area contributed by atoms with E-state index in [9.17, 15) is 0 Å². The molecule has 3 heteroatoms. The predicted molar refractivity (Wildman–Crippen MR) is 54.4 cm³/mol. The van der Waals surface area contributed by atoms with Gasteiger partial charge in [-0.3, -0.25) is 0 Å². The van der Waals surface area contributed by atoms with Crippen molar-refractivity contribution in [2.75, 3.05) is 20.8 Å². The third-order valence-corrected chi connectivity index (χ3v) is 1.89. The van der Waals surface area contributed by atoms with Gasteiger partial charge in [0, 0.05) is 19.8 Å². The number of benzene rings is 1. The van der Waals surface area contributed by atoms with Crippen LogP contribution in [0.5, 0.6) is 5.75 Å². The molecule has 0 amide bonds. The van der Waals surface area contributed by atoms with Gasteiger partial charge in [-0.05, 0) is 19.1 Å². The van der Waals surface area contributed by atoms with Gasteiger partial charge in [0.25, 0.3) is 0 Å². The topological polar surface area (TPSA) is 27.7 Å². The Morgan fingerprint density at radius 1 is 1.07 bits per heavy atom. The summed E-state index contributed by atoms with van der Waals surface area (Å²) in [5, 5.41) is 0. The minimum atomic E-state index is -0.300. The molecule has 0 bridgehead atoms. The summed E-state index contributed by atoms with van der Waals surface area (Å²) in [6, 6.07) is 7.68. The summed E-state index contributed by atoms with van der Waals surface area (Å²) in [4.78, 5) is 0. The monoisotopic (exact) mass is 196 g/mol. The second kappa shape index (κ2) is 5.62. The molecule has 1 aromatic carbocycles. The molecule has 14 heavy (non-hydrogen) atoms. The van der Waals surface area contributed by atoms with Crippen LogP contribution >= 0.6 is 0 Å². The molecule has 0 fully saturated rings. The average Bonchev–Trinajstić information content (AvgIpc) is 2.23. The minimum Gasteiger partial charge on any atom is -0.494 e. The Labute approximate surface area is 84.6 Å². The second-order valence-corrected chi connectivity index (χ2v) is 2.81. The van der Waals surface area contributed by atoms with Gasteiger partial charge in [0.15, 0.2) is 6.29 Å². The van der Waals surface area contributed by atoms with E-state index in [0.29, 0.717) is 6.61 Å². The lowest BCUT2D eigenvalue weighted by atomic mass is 10.2.